The Labute approximate surface area is 147 Å². The molecule has 0 fully saturated rings. The Hall–Kier alpha value is -3.24. The van der Waals surface area contributed by atoms with E-state index >= 15 is 0 Å². The van der Waals surface area contributed by atoms with E-state index < -0.39 is 21.8 Å². The van der Waals surface area contributed by atoms with Gasteiger partial charge in [0.05, 0.1) is 18.2 Å². The van der Waals surface area contributed by atoms with Crippen LogP contribution in [-0.4, -0.2) is 25.2 Å². The lowest BCUT2D eigenvalue weighted by Gasteiger charge is -2.11. The lowest BCUT2D eigenvalue weighted by atomic mass is 10.0. The first-order chi connectivity index (χ1) is 12.2. The lowest BCUT2D eigenvalue weighted by molar-refractivity contribution is 0.338. The van der Waals surface area contributed by atoms with Crippen molar-refractivity contribution in [3.8, 4) is 28.6 Å². The number of nitrogen functional groups attached to an aromatic ring is 1. The molecule has 2 aromatic carbocycles. The Morgan fingerprint density at radius 3 is 2.50 bits per heavy atom. The fraction of sp³-hybridized carbons (Fsp3) is 0.0625. The highest BCUT2D eigenvalue weighted by Gasteiger charge is 2.22. The van der Waals surface area contributed by atoms with Crippen LogP contribution >= 0.6 is 0 Å². The van der Waals surface area contributed by atoms with E-state index in [2.05, 4.69) is 4.18 Å². The second-order valence-corrected chi connectivity index (χ2v) is 6.26. The molecule has 0 amide bonds. The van der Waals surface area contributed by atoms with Crippen LogP contribution < -0.4 is 20.1 Å². The minimum atomic E-state index is -4.98. The molecule has 0 aliphatic carbocycles. The van der Waals surface area contributed by atoms with Gasteiger partial charge >= 0.3 is 16.3 Å². The molecule has 0 saturated carbocycles. The Bertz CT molecular complexity index is 1170. The van der Waals surface area contributed by atoms with Gasteiger partial charge < -0.3 is 24.2 Å². The van der Waals surface area contributed by atoms with Crippen molar-refractivity contribution in [2.24, 2.45) is 0 Å². The monoisotopic (exact) mass is 379 g/mol. The zero-order valence-electron chi connectivity index (χ0n) is 13.3. The van der Waals surface area contributed by atoms with Crippen LogP contribution in [-0.2, 0) is 10.4 Å². The van der Waals surface area contributed by atoms with Gasteiger partial charge in [0.25, 0.3) is 0 Å². The summed E-state index contributed by atoms with van der Waals surface area (Å²) >= 11 is 0. The number of benzene rings is 2. The second kappa shape index (κ2) is 6.24. The highest BCUT2D eigenvalue weighted by atomic mass is 32.3. The van der Waals surface area contributed by atoms with E-state index in [0.717, 1.165) is 6.07 Å². The molecule has 4 N–H and O–H groups in total. The van der Waals surface area contributed by atoms with Gasteiger partial charge in [-0.1, -0.05) is 6.07 Å². The van der Waals surface area contributed by atoms with Crippen LogP contribution in [0.1, 0.15) is 0 Å². The molecular formula is C16H13NO8S. The van der Waals surface area contributed by atoms with Crippen molar-refractivity contribution in [3.63, 3.8) is 0 Å². The van der Waals surface area contributed by atoms with Crippen LogP contribution in [0.5, 0.6) is 17.4 Å². The Morgan fingerprint density at radius 2 is 1.88 bits per heavy atom. The largest absolute Gasteiger partial charge is 0.508 e. The van der Waals surface area contributed by atoms with E-state index in [-0.39, 0.29) is 33.5 Å². The van der Waals surface area contributed by atoms with Crippen molar-refractivity contribution in [3.05, 3.63) is 46.6 Å². The highest BCUT2D eigenvalue weighted by Crippen LogP contribution is 2.35. The van der Waals surface area contributed by atoms with Crippen molar-refractivity contribution in [2.45, 2.75) is 0 Å². The molecule has 1 aromatic heterocycles. The Morgan fingerprint density at radius 1 is 1.15 bits per heavy atom. The van der Waals surface area contributed by atoms with Gasteiger partial charge in [-0.15, -0.1) is 0 Å². The minimum absolute atomic E-state index is 0.0647. The number of anilines is 1. The van der Waals surface area contributed by atoms with Gasteiger partial charge in [-0.25, -0.2) is 0 Å². The third kappa shape index (κ3) is 3.27. The first kappa shape index (κ1) is 17.6. The summed E-state index contributed by atoms with van der Waals surface area (Å²) in [5.74, 6) is -0.624. The van der Waals surface area contributed by atoms with E-state index in [0.29, 0.717) is 5.75 Å². The van der Waals surface area contributed by atoms with Crippen molar-refractivity contribution in [1.82, 2.24) is 0 Å². The number of ether oxygens (including phenoxy) is 1. The molecule has 9 nitrogen and oxygen atoms in total. The number of hydrogen-bond donors (Lipinski definition) is 3. The highest BCUT2D eigenvalue weighted by molar-refractivity contribution is 7.81. The summed E-state index contributed by atoms with van der Waals surface area (Å²) in [5, 5.41) is 9.59. The van der Waals surface area contributed by atoms with E-state index in [1.165, 1.54) is 37.4 Å². The maximum absolute atomic E-state index is 12.8. The van der Waals surface area contributed by atoms with Gasteiger partial charge in [0.15, 0.2) is 0 Å². The molecular weight excluding hydrogens is 366 g/mol. The summed E-state index contributed by atoms with van der Waals surface area (Å²) in [6.45, 7) is 0. The molecule has 0 saturated heterocycles. The van der Waals surface area contributed by atoms with Crippen molar-refractivity contribution >= 4 is 27.1 Å². The quantitative estimate of drug-likeness (QED) is 0.456. The van der Waals surface area contributed by atoms with Gasteiger partial charge in [-0.05, 0) is 29.8 Å². The number of phenolic OH excluding ortho intramolecular Hbond substituents is 1. The average molecular weight is 379 g/mol. The van der Waals surface area contributed by atoms with Gasteiger partial charge in [0.1, 0.15) is 22.6 Å². The van der Waals surface area contributed by atoms with Crippen molar-refractivity contribution in [2.75, 3.05) is 12.8 Å². The molecule has 0 unspecified atom stereocenters. The molecule has 0 bridgehead atoms. The topological polar surface area (TPSA) is 149 Å². The van der Waals surface area contributed by atoms with Crippen LogP contribution in [0.25, 0.3) is 22.1 Å². The summed E-state index contributed by atoms with van der Waals surface area (Å²) in [7, 11) is -3.57. The van der Waals surface area contributed by atoms with Gasteiger partial charge in [-0.3, -0.25) is 9.35 Å². The summed E-state index contributed by atoms with van der Waals surface area (Å²) in [4.78, 5) is 12.8. The maximum atomic E-state index is 12.8. The molecule has 10 heteroatoms. The predicted octanol–water partition coefficient (Wildman–Crippen LogP) is 1.94. The Kier molecular flexibility index (Phi) is 4.22. The zero-order chi connectivity index (χ0) is 19.1. The molecule has 0 aliphatic rings. The standard InChI is InChI=1S/C16H13NO8S/c1-23-12-5-2-8(6-11(12)17)14-15(19)10-4-3-9(18)7-13(10)24-16(14)25-26(20,21)22/h2-7,18H,17H2,1H3,(H,20,21,22). The van der Waals surface area contributed by atoms with Crippen LogP contribution in [0.15, 0.2) is 45.6 Å². The van der Waals surface area contributed by atoms with Crippen LogP contribution in [0.4, 0.5) is 5.69 Å². The van der Waals surface area contributed by atoms with Crippen molar-refractivity contribution in [1.29, 1.82) is 0 Å². The molecule has 0 spiro atoms. The predicted molar refractivity (Wildman–Crippen MR) is 92.7 cm³/mol. The minimum Gasteiger partial charge on any atom is -0.508 e. The fourth-order valence-electron chi connectivity index (χ4n) is 2.45. The number of aromatic hydroxyl groups is 1. The molecule has 26 heavy (non-hydrogen) atoms. The fourth-order valence-corrected chi connectivity index (χ4v) is 2.76. The zero-order valence-corrected chi connectivity index (χ0v) is 14.1. The average Bonchev–Trinajstić information content (AvgIpc) is 2.53. The first-order valence-electron chi connectivity index (χ1n) is 7.10. The van der Waals surface area contributed by atoms with E-state index in [4.69, 9.17) is 19.4 Å². The third-order valence-electron chi connectivity index (χ3n) is 3.54. The summed E-state index contributed by atoms with van der Waals surface area (Å²) in [6, 6.07) is 7.99. The number of methoxy groups -OCH3 is 1. The second-order valence-electron chi connectivity index (χ2n) is 5.24. The number of nitrogens with two attached hydrogens (primary N) is 1. The van der Waals surface area contributed by atoms with Crippen LogP contribution in [0.3, 0.4) is 0 Å². The maximum Gasteiger partial charge on any atom is 0.449 e. The summed E-state index contributed by atoms with van der Waals surface area (Å²) < 4.78 is 46.0. The number of hydrogen-bond acceptors (Lipinski definition) is 8. The molecule has 3 rings (SSSR count). The molecule has 3 aromatic rings. The summed E-state index contributed by atoms with van der Waals surface area (Å²) in [6.07, 6.45) is 0. The van der Waals surface area contributed by atoms with Gasteiger partial charge in [-0.2, -0.15) is 8.42 Å². The van der Waals surface area contributed by atoms with Crippen LogP contribution in [0.2, 0.25) is 0 Å². The number of phenols is 1. The van der Waals surface area contributed by atoms with Crippen molar-refractivity contribution < 1.29 is 31.4 Å². The van der Waals surface area contributed by atoms with E-state index in [9.17, 15) is 18.3 Å². The number of rotatable bonds is 4. The Balaban J connectivity index is 2.36. The normalized spacial score (nSPS) is 11.5. The van der Waals surface area contributed by atoms with E-state index in [1.54, 1.807) is 0 Å². The molecule has 1 heterocycles. The molecule has 0 aliphatic heterocycles. The lowest BCUT2D eigenvalue weighted by Crippen LogP contribution is -2.13. The summed E-state index contributed by atoms with van der Waals surface area (Å²) in [5.41, 5.74) is 5.17. The molecule has 136 valence electrons. The molecule has 0 atom stereocenters. The molecule has 0 radical (unpaired) electrons. The van der Waals surface area contributed by atoms with Gasteiger partial charge in [0, 0.05) is 6.07 Å². The SMILES string of the molecule is COc1ccc(-c2c(OS(=O)(=O)O)oc3cc(O)ccc3c2=O)cc1N. The first-order valence-corrected chi connectivity index (χ1v) is 8.46. The number of fused-ring (bicyclic) bond motifs is 1. The smallest absolute Gasteiger partial charge is 0.449 e. The van der Waals surface area contributed by atoms with Crippen LogP contribution in [0, 0.1) is 0 Å². The van der Waals surface area contributed by atoms with E-state index in [1.807, 2.05) is 0 Å². The van der Waals surface area contributed by atoms with Gasteiger partial charge in [0.2, 0.25) is 5.43 Å². The third-order valence-corrected chi connectivity index (χ3v) is 3.91.